The first-order valence-corrected chi connectivity index (χ1v) is 7.64. The van der Waals surface area contributed by atoms with E-state index in [9.17, 15) is 22.8 Å². The van der Waals surface area contributed by atoms with Crippen LogP contribution in [-0.4, -0.2) is 28.1 Å². The molecule has 1 atom stereocenters. The van der Waals surface area contributed by atoms with Crippen LogP contribution in [0, 0.1) is 0 Å². The molecule has 0 radical (unpaired) electrons. The molecule has 24 heavy (non-hydrogen) atoms. The Labute approximate surface area is 139 Å². The maximum absolute atomic E-state index is 12.4. The Morgan fingerprint density at radius 3 is 2.46 bits per heavy atom. The van der Waals surface area contributed by atoms with E-state index in [1.54, 1.807) is 37.3 Å². The van der Waals surface area contributed by atoms with Gasteiger partial charge in [-0.15, -0.1) is 10.2 Å². The summed E-state index contributed by atoms with van der Waals surface area (Å²) in [7, 11) is 0. The molecule has 0 aliphatic heterocycles. The smallest absolute Gasteiger partial charge is 0.349 e. The standard InChI is InChI=1S/C14H13F3N4O2S/c1-8(18-11(23)9-5-3-2-4-6-9)7-10(22)19-13-21-20-12(24-13)14(15,16)17/h2-6,8H,7H2,1H3,(H,18,23)(H,19,21,22). The summed E-state index contributed by atoms with van der Waals surface area (Å²) in [6.45, 7) is 1.61. The van der Waals surface area contributed by atoms with Gasteiger partial charge in [0.1, 0.15) is 0 Å². The average molecular weight is 358 g/mol. The molecular weight excluding hydrogens is 345 g/mol. The predicted octanol–water partition coefficient (Wildman–Crippen LogP) is 2.70. The van der Waals surface area contributed by atoms with Crippen molar-refractivity contribution in [1.82, 2.24) is 15.5 Å². The van der Waals surface area contributed by atoms with Gasteiger partial charge in [-0.05, 0) is 19.1 Å². The summed E-state index contributed by atoms with van der Waals surface area (Å²) in [6, 6.07) is 7.93. The lowest BCUT2D eigenvalue weighted by Crippen LogP contribution is -2.35. The molecule has 1 aromatic carbocycles. The maximum Gasteiger partial charge on any atom is 0.445 e. The number of aromatic nitrogens is 2. The van der Waals surface area contributed by atoms with Crippen LogP contribution in [-0.2, 0) is 11.0 Å². The zero-order valence-electron chi connectivity index (χ0n) is 12.4. The molecule has 10 heteroatoms. The third kappa shape index (κ3) is 5.01. The van der Waals surface area contributed by atoms with Gasteiger partial charge in [0.15, 0.2) is 0 Å². The normalized spacial score (nSPS) is 12.5. The molecule has 1 heterocycles. The van der Waals surface area contributed by atoms with Crippen molar-refractivity contribution in [2.75, 3.05) is 5.32 Å². The first kappa shape index (κ1) is 17.9. The van der Waals surface area contributed by atoms with E-state index in [2.05, 4.69) is 20.8 Å². The molecule has 0 saturated heterocycles. The molecule has 1 aromatic heterocycles. The van der Waals surface area contributed by atoms with Gasteiger partial charge in [-0.2, -0.15) is 13.2 Å². The van der Waals surface area contributed by atoms with Crippen LogP contribution in [0.3, 0.4) is 0 Å². The average Bonchev–Trinajstić information content (AvgIpc) is 2.96. The Morgan fingerprint density at radius 2 is 1.88 bits per heavy atom. The molecule has 0 aliphatic rings. The number of halogens is 3. The number of amides is 2. The Balaban J connectivity index is 1.85. The van der Waals surface area contributed by atoms with Crippen molar-refractivity contribution in [2.45, 2.75) is 25.6 Å². The second-order valence-electron chi connectivity index (χ2n) is 4.90. The third-order valence-electron chi connectivity index (χ3n) is 2.82. The van der Waals surface area contributed by atoms with Crippen LogP contribution in [0.1, 0.15) is 28.7 Å². The van der Waals surface area contributed by atoms with E-state index in [0.29, 0.717) is 5.56 Å². The summed E-state index contributed by atoms with van der Waals surface area (Å²) in [5.41, 5.74) is 0.448. The van der Waals surface area contributed by atoms with Crippen molar-refractivity contribution in [2.24, 2.45) is 0 Å². The highest BCUT2D eigenvalue weighted by atomic mass is 32.1. The number of rotatable bonds is 5. The summed E-state index contributed by atoms with van der Waals surface area (Å²) in [5, 5.41) is 9.72. The molecule has 0 saturated carbocycles. The Kier molecular flexibility index (Phi) is 5.50. The monoisotopic (exact) mass is 358 g/mol. The van der Waals surface area contributed by atoms with Crippen molar-refractivity contribution < 1.29 is 22.8 Å². The molecule has 0 aliphatic carbocycles. The number of hydrogen-bond donors (Lipinski definition) is 2. The van der Waals surface area contributed by atoms with Gasteiger partial charge in [-0.25, -0.2) is 0 Å². The molecule has 2 amide bonds. The lowest BCUT2D eigenvalue weighted by molar-refractivity contribution is -0.138. The van der Waals surface area contributed by atoms with E-state index in [4.69, 9.17) is 0 Å². The number of carbonyl (C=O) groups excluding carboxylic acids is 2. The maximum atomic E-state index is 12.4. The van der Waals surface area contributed by atoms with Crippen LogP contribution in [0.25, 0.3) is 0 Å². The van der Waals surface area contributed by atoms with E-state index in [0.717, 1.165) is 0 Å². The molecule has 2 N–H and O–H groups in total. The van der Waals surface area contributed by atoms with Gasteiger partial charge < -0.3 is 10.6 Å². The highest BCUT2D eigenvalue weighted by molar-refractivity contribution is 7.15. The molecule has 2 rings (SSSR count). The van der Waals surface area contributed by atoms with E-state index in [-0.39, 0.29) is 28.8 Å². The van der Waals surface area contributed by atoms with Crippen LogP contribution < -0.4 is 10.6 Å². The number of benzene rings is 1. The Hall–Kier alpha value is -2.49. The van der Waals surface area contributed by atoms with E-state index in [1.807, 2.05) is 0 Å². The minimum Gasteiger partial charge on any atom is -0.349 e. The van der Waals surface area contributed by atoms with Gasteiger partial charge in [0.05, 0.1) is 0 Å². The van der Waals surface area contributed by atoms with Crippen molar-refractivity contribution in [1.29, 1.82) is 0 Å². The number of nitrogens with one attached hydrogen (secondary N) is 2. The molecule has 6 nitrogen and oxygen atoms in total. The van der Waals surface area contributed by atoms with Crippen LogP contribution in [0.4, 0.5) is 18.3 Å². The fourth-order valence-corrected chi connectivity index (χ4v) is 2.41. The molecule has 0 spiro atoms. The van der Waals surface area contributed by atoms with Gasteiger partial charge in [0, 0.05) is 18.0 Å². The summed E-state index contributed by atoms with van der Waals surface area (Å²) < 4.78 is 37.2. The second kappa shape index (κ2) is 7.39. The topological polar surface area (TPSA) is 84.0 Å². The number of hydrogen-bond acceptors (Lipinski definition) is 5. The van der Waals surface area contributed by atoms with Crippen LogP contribution in [0.2, 0.25) is 0 Å². The minimum atomic E-state index is -4.60. The molecule has 128 valence electrons. The lowest BCUT2D eigenvalue weighted by atomic mass is 10.1. The minimum absolute atomic E-state index is 0.112. The first-order chi connectivity index (χ1) is 11.3. The predicted molar refractivity (Wildman–Crippen MR) is 81.5 cm³/mol. The van der Waals surface area contributed by atoms with Crippen molar-refractivity contribution >= 4 is 28.3 Å². The largest absolute Gasteiger partial charge is 0.445 e. The molecule has 1 unspecified atom stereocenters. The zero-order valence-corrected chi connectivity index (χ0v) is 13.2. The summed E-state index contributed by atoms with van der Waals surface area (Å²) >= 11 is 0.239. The Morgan fingerprint density at radius 1 is 1.21 bits per heavy atom. The third-order valence-corrected chi connectivity index (χ3v) is 3.70. The second-order valence-corrected chi connectivity index (χ2v) is 5.88. The summed E-state index contributed by atoms with van der Waals surface area (Å²) in [4.78, 5) is 23.7. The first-order valence-electron chi connectivity index (χ1n) is 6.82. The molecule has 0 fully saturated rings. The van der Waals surface area contributed by atoms with E-state index >= 15 is 0 Å². The fourth-order valence-electron chi connectivity index (χ4n) is 1.78. The van der Waals surface area contributed by atoms with Crippen molar-refractivity contribution in [3.8, 4) is 0 Å². The lowest BCUT2D eigenvalue weighted by Gasteiger charge is -2.13. The molecule has 0 bridgehead atoms. The van der Waals surface area contributed by atoms with Crippen molar-refractivity contribution in [3.05, 3.63) is 40.9 Å². The molecular formula is C14H13F3N4O2S. The highest BCUT2D eigenvalue weighted by Gasteiger charge is 2.35. The van der Waals surface area contributed by atoms with Crippen LogP contribution >= 0.6 is 11.3 Å². The van der Waals surface area contributed by atoms with Crippen LogP contribution in [0.5, 0.6) is 0 Å². The SMILES string of the molecule is CC(CC(=O)Nc1nnc(C(F)(F)F)s1)NC(=O)c1ccccc1. The highest BCUT2D eigenvalue weighted by Crippen LogP contribution is 2.32. The molecule has 2 aromatic rings. The number of nitrogens with zero attached hydrogens (tertiary/aromatic N) is 2. The zero-order chi connectivity index (χ0) is 17.7. The van der Waals surface area contributed by atoms with Crippen LogP contribution in [0.15, 0.2) is 30.3 Å². The fraction of sp³-hybridized carbons (Fsp3) is 0.286. The number of anilines is 1. The summed E-state index contributed by atoms with van der Waals surface area (Å²) in [5.74, 6) is -0.910. The van der Waals surface area contributed by atoms with Gasteiger partial charge in [-0.3, -0.25) is 9.59 Å². The van der Waals surface area contributed by atoms with E-state index < -0.39 is 23.1 Å². The van der Waals surface area contributed by atoms with Gasteiger partial charge in [0.25, 0.3) is 5.91 Å². The van der Waals surface area contributed by atoms with Gasteiger partial charge >= 0.3 is 6.18 Å². The van der Waals surface area contributed by atoms with Gasteiger partial charge in [0.2, 0.25) is 16.0 Å². The van der Waals surface area contributed by atoms with Gasteiger partial charge in [-0.1, -0.05) is 29.5 Å². The quantitative estimate of drug-likeness (QED) is 0.861. The number of carbonyl (C=O) groups is 2. The van der Waals surface area contributed by atoms with Crippen molar-refractivity contribution in [3.63, 3.8) is 0 Å². The number of alkyl halides is 3. The Bertz CT molecular complexity index is 718. The summed E-state index contributed by atoms with van der Waals surface area (Å²) in [6.07, 6.45) is -4.71. The van der Waals surface area contributed by atoms with E-state index in [1.165, 1.54) is 0 Å².